The maximum Gasteiger partial charge on any atom is 0.522 e. The predicted octanol–water partition coefficient (Wildman–Crippen LogP) is 1.74. The van der Waals surface area contributed by atoms with E-state index in [-0.39, 0.29) is 13.2 Å². The first-order valence-electron chi connectivity index (χ1n) is 4.52. The summed E-state index contributed by atoms with van der Waals surface area (Å²) in [7, 11) is 1.78. The molecule has 0 fully saturated rings. The lowest BCUT2D eigenvalue weighted by Crippen LogP contribution is -2.19. The molecule has 0 atom stereocenters. The molecule has 6 heteroatoms. The highest BCUT2D eigenvalue weighted by atomic mass is 19.4. The van der Waals surface area contributed by atoms with Gasteiger partial charge in [-0.25, -0.2) is 0 Å². The third-order valence-corrected chi connectivity index (χ3v) is 1.88. The summed E-state index contributed by atoms with van der Waals surface area (Å²) < 4.78 is 40.5. The lowest BCUT2D eigenvalue weighted by molar-refractivity contribution is -0.325. The van der Waals surface area contributed by atoms with Crippen LogP contribution in [0.4, 0.5) is 13.2 Å². The van der Waals surface area contributed by atoms with Gasteiger partial charge in [-0.15, -0.1) is 13.2 Å². The fourth-order valence-electron chi connectivity index (χ4n) is 1.27. The van der Waals surface area contributed by atoms with Gasteiger partial charge >= 0.3 is 6.36 Å². The van der Waals surface area contributed by atoms with Crippen molar-refractivity contribution in [3.8, 4) is 0 Å². The molecule has 0 saturated heterocycles. The van der Waals surface area contributed by atoms with Crippen molar-refractivity contribution in [2.75, 3.05) is 13.7 Å². The lowest BCUT2D eigenvalue weighted by atomic mass is 10.4. The van der Waals surface area contributed by atoms with Crippen LogP contribution in [0.2, 0.25) is 0 Å². The minimum Gasteiger partial charge on any atom is -0.348 e. The van der Waals surface area contributed by atoms with Gasteiger partial charge in [0.15, 0.2) is 0 Å². The quantitative estimate of drug-likeness (QED) is 0.821. The number of nitrogens with zero attached hydrogens (tertiary/aromatic N) is 1. The fraction of sp³-hybridized carbons (Fsp3) is 0.556. The molecule has 0 aliphatic carbocycles. The molecule has 3 nitrogen and oxygen atoms in total. The van der Waals surface area contributed by atoms with Gasteiger partial charge in [-0.05, 0) is 19.2 Å². The molecule has 0 spiro atoms. The molecular formula is C9H13F3N2O. The Morgan fingerprint density at radius 1 is 1.47 bits per heavy atom. The molecule has 1 aromatic heterocycles. The van der Waals surface area contributed by atoms with E-state index in [0.717, 1.165) is 5.69 Å². The van der Waals surface area contributed by atoms with Gasteiger partial charge in [-0.3, -0.25) is 4.74 Å². The first kappa shape index (κ1) is 12.1. The Morgan fingerprint density at radius 3 is 2.80 bits per heavy atom. The van der Waals surface area contributed by atoms with Gasteiger partial charge < -0.3 is 9.88 Å². The molecule has 0 unspecified atom stereocenters. The molecule has 0 bridgehead atoms. The highest BCUT2D eigenvalue weighted by Crippen LogP contribution is 2.16. The zero-order chi connectivity index (χ0) is 11.3. The van der Waals surface area contributed by atoms with E-state index in [4.69, 9.17) is 0 Å². The van der Waals surface area contributed by atoms with Gasteiger partial charge in [-0.1, -0.05) is 0 Å². The van der Waals surface area contributed by atoms with Crippen molar-refractivity contribution in [1.82, 2.24) is 9.88 Å². The fourth-order valence-corrected chi connectivity index (χ4v) is 1.27. The van der Waals surface area contributed by atoms with Crippen LogP contribution in [0.15, 0.2) is 18.3 Å². The van der Waals surface area contributed by atoms with Gasteiger partial charge in [0.2, 0.25) is 0 Å². The van der Waals surface area contributed by atoms with Gasteiger partial charge in [0, 0.05) is 25.0 Å². The third kappa shape index (κ3) is 4.35. The Morgan fingerprint density at radius 2 is 2.20 bits per heavy atom. The van der Waals surface area contributed by atoms with Crippen LogP contribution < -0.4 is 5.32 Å². The summed E-state index contributed by atoms with van der Waals surface area (Å²) in [6, 6.07) is 3.64. The second kappa shape index (κ2) is 5.18. The number of rotatable bonds is 5. The number of hydrogen-bond donors (Lipinski definition) is 1. The lowest BCUT2D eigenvalue weighted by Gasteiger charge is -2.10. The number of alkyl halides is 3. The summed E-state index contributed by atoms with van der Waals surface area (Å²) in [5.41, 5.74) is 0.934. The second-order valence-corrected chi connectivity index (χ2v) is 3.02. The Labute approximate surface area is 85.8 Å². The van der Waals surface area contributed by atoms with Crippen LogP contribution in [-0.2, 0) is 17.8 Å². The van der Waals surface area contributed by atoms with Gasteiger partial charge in [-0.2, -0.15) is 0 Å². The van der Waals surface area contributed by atoms with Crippen molar-refractivity contribution < 1.29 is 17.9 Å². The number of hydrogen-bond acceptors (Lipinski definition) is 2. The molecular weight excluding hydrogens is 209 g/mol. The normalized spacial score (nSPS) is 12.0. The molecule has 0 amide bonds. The Kier molecular flexibility index (Phi) is 4.16. The standard InChI is InChI=1S/C9H13F3N2O/c1-13-7-8-3-2-4-14(8)5-6-15-9(10,11)12/h2-4,13H,5-7H2,1H3. The van der Waals surface area contributed by atoms with E-state index in [2.05, 4.69) is 10.1 Å². The Bertz CT molecular complexity index is 296. The first-order valence-corrected chi connectivity index (χ1v) is 4.52. The van der Waals surface area contributed by atoms with Crippen LogP contribution in [0.5, 0.6) is 0 Å². The van der Waals surface area contributed by atoms with Crippen LogP contribution in [0.1, 0.15) is 5.69 Å². The van der Waals surface area contributed by atoms with Gasteiger partial charge in [0.05, 0.1) is 6.61 Å². The summed E-state index contributed by atoms with van der Waals surface area (Å²) >= 11 is 0. The average Bonchev–Trinajstić information content (AvgIpc) is 2.51. The number of ether oxygens (including phenoxy) is 1. The van der Waals surface area contributed by atoms with Crippen molar-refractivity contribution in [2.24, 2.45) is 0 Å². The van der Waals surface area contributed by atoms with E-state index in [1.165, 1.54) is 0 Å². The van der Waals surface area contributed by atoms with Crippen LogP contribution in [0.25, 0.3) is 0 Å². The van der Waals surface area contributed by atoms with Crippen molar-refractivity contribution in [3.05, 3.63) is 24.0 Å². The van der Waals surface area contributed by atoms with Crippen LogP contribution in [0.3, 0.4) is 0 Å². The number of halogens is 3. The Hall–Kier alpha value is -1.01. The number of aromatic nitrogens is 1. The van der Waals surface area contributed by atoms with Crippen LogP contribution >= 0.6 is 0 Å². The number of nitrogens with one attached hydrogen (secondary N) is 1. The van der Waals surface area contributed by atoms with Crippen molar-refractivity contribution in [1.29, 1.82) is 0 Å². The van der Waals surface area contributed by atoms with Crippen LogP contribution in [0, 0.1) is 0 Å². The zero-order valence-electron chi connectivity index (χ0n) is 8.34. The molecule has 0 aromatic carbocycles. The molecule has 0 saturated carbocycles. The SMILES string of the molecule is CNCc1cccn1CCOC(F)(F)F. The summed E-state index contributed by atoms with van der Waals surface area (Å²) in [6.45, 7) is 0.456. The molecule has 1 N–H and O–H groups in total. The summed E-state index contributed by atoms with van der Waals surface area (Å²) in [5, 5.41) is 2.93. The van der Waals surface area contributed by atoms with Crippen molar-refractivity contribution in [2.45, 2.75) is 19.5 Å². The summed E-state index contributed by atoms with van der Waals surface area (Å²) in [5.74, 6) is 0. The third-order valence-electron chi connectivity index (χ3n) is 1.88. The molecule has 1 aromatic rings. The topological polar surface area (TPSA) is 26.2 Å². The van der Waals surface area contributed by atoms with E-state index in [1.807, 2.05) is 6.07 Å². The smallest absolute Gasteiger partial charge is 0.348 e. The highest BCUT2D eigenvalue weighted by Gasteiger charge is 2.28. The molecule has 1 rings (SSSR count). The molecule has 86 valence electrons. The van der Waals surface area contributed by atoms with Gasteiger partial charge in [0.1, 0.15) is 0 Å². The average molecular weight is 222 g/mol. The predicted molar refractivity (Wildman–Crippen MR) is 49.2 cm³/mol. The zero-order valence-corrected chi connectivity index (χ0v) is 8.34. The molecule has 0 aliphatic heterocycles. The van der Waals surface area contributed by atoms with Crippen molar-refractivity contribution in [3.63, 3.8) is 0 Å². The maximum atomic E-state index is 11.7. The monoisotopic (exact) mass is 222 g/mol. The van der Waals surface area contributed by atoms with E-state index < -0.39 is 6.36 Å². The van der Waals surface area contributed by atoms with E-state index in [0.29, 0.717) is 6.54 Å². The van der Waals surface area contributed by atoms with E-state index in [9.17, 15) is 13.2 Å². The van der Waals surface area contributed by atoms with E-state index in [1.54, 1.807) is 23.9 Å². The second-order valence-electron chi connectivity index (χ2n) is 3.02. The first-order chi connectivity index (χ1) is 7.03. The molecule has 0 radical (unpaired) electrons. The Balaban J connectivity index is 2.40. The highest BCUT2D eigenvalue weighted by molar-refractivity contribution is 5.06. The van der Waals surface area contributed by atoms with Crippen molar-refractivity contribution >= 4 is 0 Å². The maximum absolute atomic E-state index is 11.7. The molecule has 15 heavy (non-hydrogen) atoms. The molecule has 0 aliphatic rings. The van der Waals surface area contributed by atoms with E-state index >= 15 is 0 Å². The minimum atomic E-state index is -4.55. The molecule has 1 heterocycles. The van der Waals surface area contributed by atoms with Crippen LogP contribution in [-0.4, -0.2) is 24.6 Å². The summed E-state index contributed by atoms with van der Waals surface area (Å²) in [4.78, 5) is 0. The van der Waals surface area contributed by atoms with Gasteiger partial charge in [0.25, 0.3) is 0 Å². The minimum absolute atomic E-state index is 0.198. The largest absolute Gasteiger partial charge is 0.522 e. The summed E-state index contributed by atoms with van der Waals surface area (Å²) in [6.07, 6.45) is -2.82.